The molecule has 0 amide bonds. The molecule has 0 aromatic rings. The van der Waals surface area contributed by atoms with Gasteiger partial charge in [-0.15, -0.1) is 11.6 Å². The Balaban J connectivity index is 2.74. The fourth-order valence-corrected chi connectivity index (χ4v) is 1.39. The molecule has 12 heavy (non-hydrogen) atoms. The van der Waals surface area contributed by atoms with Crippen LogP contribution in [-0.4, -0.2) is 21.6 Å². The number of alkyl halides is 2. The molecular formula is C7H13BClIO2. The van der Waals surface area contributed by atoms with Gasteiger partial charge in [0.15, 0.2) is 0 Å². The van der Waals surface area contributed by atoms with Crippen LogP contribution in [0, 0.1) is 0 Å². The molecule has 1 fully saturated rings. The average Bonchev–Trinajstić information content (AvgIpc) is 2.03. The van der Waals surface area contributed by atoms with E-state index in [-0.39, 0.29) is 21.6 Å². The van der Waals surface area contributed by atoms with E-state index in [1.807, 2.05) is 27.7 Å². The SMILES string of the molecule is CC1(C)OB(C(Cl)I)OC1(C)C. The van der Waals surface area contributed by atoms with E-state index in [9.17, 15) is 0 Å². The molecule has 1 rings (SSSR count). The molecular weight excluding hydrogens is 289 g/mol. The smallest absolute Gasteiger partial charge is 0.402 e. The molecule has 1 saturated heterocycles. The lowest BCUT2D eigenvalue weighted by Crippen LogP contribution is -2.41. The van der Waals surface area contributed by atoms with E-state index in [0.717, 1.165) is 0 Å². The lowest BCUT2D eigenvalue weighted by molar-refractivity contribution is 0.00578. The normalized spacial score (nSPS) is 29.0. The Morgan fingerprint density at radius 1 is 1.17 bits per heavy atom. The molecule has 70 valence electrons. The fourth-order valence-electron chi connectivity index (χ4n) is 0.992. The Kier molecular flexibility index (Phi) is 3.04. The van der Waals surface area contributed by atoms with Gasteiger partial charge in [0.25, 0.3) is 0 Å². The highest BCUT2D eigenvalue weighted by Crippen LogP contribution is 2.39. The highest BCUT2D eigenvalue weighted by molar-refractivity contribution is 14.1. The Bertz CT molecular complexity index is 168. The minimum atomic E-state index is -0.294. The van der Waals surface area contributed by atoms with Crippen molar-refractivity contribution in [1.29, 1.82) is 0 Å². The molecule has 1 aliphatic heterocycles. The number of halogens is 2. The van der Waals surface area contributed by atoms with Gasteiger partial charge in [-0.25, -0.2) is 0 Å². The molecule has 1 unspecified atom stereocenters. The summed E-state index contributed by atoms with van der Waals surface area (Å²) >= 11 is 7.97. The molecule has 0 bridgehead atoms. The van der Waals surface area contributed by atoms with E-state index in [2.05, 4.69) is 22.6 Å². The van der Waals surface area contributed by atoms with Gasteiger partial charge in [0, 0.05) is 0 Å². The Labute approximate surface area is 92.6 Å². The zero-order valence-corrected chi connectivity index (χ0v) is 10.6. The molecule has 0 aromatic heterocycles. The van der Waals surface area contributed by atoms with Crippen molar-refractivity contribution in [2.24, 2.45) is 0 Å². The lowest BCUT2D eigenvalue weighted by Gasteiger charge is -2.32. The molecule has 0 N–H and O–H groups in total. The zero-order chi connectivity index (χ0) is 9.57. The first-order valence-electron chi connectivity index (χ1n) is 3.90. The maximum absolute atomic E-state index is 5.88. The molecule has 1 heterocycles. The maximum atomic E-state index is 5.88. The van der Waals surface area contributed by atoms with Gasteiger partial charge < -0.3 is 9.31 Å². The van der Waals surface area contributed by atoms with Gasteiger partial charge in [0.2, 0.25) is 0 Å². The van der Waals surface area contributed by atoms with Gasteiger partial charge in [-0.3, -0.25) is 0 Å². The van der Waals surface area contributed by atoms with Crippen molar-refractivity contribution in [3.05, 3.63) is 0 Å². The first-order chi connectivity index (χ1) is 5.26. The highest BCUT2D eigenvalue weighted by Gasteiger charge is 2.53. The first-order valence-corrected chi connectivity index (χ1v) is 5.58. The second-order valence-corrected chi connectivity index (χ2v) is 6.51. The molecule has 1 aliphatic rings. The van der Waals surface area contributed by atoms with Crippen molar-refractivity contribution < 1.29 is 9.31 Å². The van der Waals surface area contributed by atoms with E-state index in [1.54, 1.807) is 0 Å². The topological polar surface area (TPSA) is 18.5 Å². The largest absolute Gasteiger partial charge is 0.487 e. The molecule has 0 radical (unpaired) electrons. The van der Waals surface area contributed by atoms with E-state index < -0.39 is 0 Å². The minimum Gasteiger partial charge on any atom is -0.402 e. The third-order valence-electron chi connectivity index (χ3n) is 2.48. The van der Waals surface area contributed by atoms with Gasteiger partial charge >= 0.3 is 7.12 Å². The number of rotatable bonds is 1. The van der Waals surface area contributed by atoms with Crippen LogP contribution in [-0.2, 0) is 9.31 Å². The highest BCUT2D eigenvalue weighted by atomic mass is 127. The van der Waals surface area contributed by atoms with Gasteiger partial charge in [-0.05, 0) is 27.7 Å². The first kappa shape index (κ1) is 11.1. The summed E-state index contributed by atoms with van der Waals surface area (Å²) in [5.74, 6) is 0. The summed E-state index contributed by atoms with van der Waals surface area (Å²) in [7, 11) is -0.294. The van der Waals surface area contributed by atoms with Crippen LogP contribution in [0.1, 0.15) is 27.7 Å². The molecule has 0 spiro atoms. The summed E-state index contributed by atoms with van der Waals surface area (Å²) in [6.07, 6.45) is 0. The molecule has 0 aromatic carbocycles. The summed E-state index contributed by atoms with van der Waals surface area (Å²) in [4.78, 5) is 0. The third-order valence-corrected chi connectivity index (χ3v) is 3.27. The molecule has 1 atom stereocenters. The standard InChI is InChI=1S/C7H13BClIO2/c1-6(2)7(3,4)12-8(11-6)5(9)10/h5H,1-4H3. The molecule has 0 aliphatic carbocycles. The van der Waals surface area contributed by atoms with E-state index in [0.29, 0.717) is 0 Å². The molecule has 2 nitrogen and oxygen atoms in total. The van der Waals surface area contributed by atoms with Crippen LogP contribution < -0.4 is 0 Å². The summed E-state index contributed by atoms with van der Waals surface area (Å²) in [6.45, 7) is 8.07. The summed E-state index contributed by atoms with van der Waals surface area (Å²) in [5, 5.41) is 0. The number of hydrogen-bond acceptors (Lipinski definition) is 2. The van der Waals surface area contributed by atoms with Crippen LogP contribution in [0.25, 0.3) is 0 Å². The second-order valence-electron chi connectivity index (χ2n) is 3.96. The minimum absolute atomic E-state index is 0.136. The second kappa shape index (κ2) is 3.30. The van der Waals surface area contributed by atoms with Gasteiger partial charge in [-0.1, -0.05) is 22.6 Å². The van der Waals surface area contributed by atoms with Crippen molar-refractivity contribution in [3.63, 3.8) is 0 Å². The summed E-state index contributed by atoms with van der Waals surface area (Å²) < 4.78 is 11.2. The van der Waals surface area contributed by atoms with E-state index in [4.69, 9.17) is 20.9 Å². The number of hydrogen-bond donors (Lipinski definition) is 0. The molecule has 5 heteroatoms. The van der Waals surface area contributed by atoms with E-state index >= 15 is 0 Å². The maximum Gasteiger partial charge on any atom is 0.487 e. The van der Waals surface area contributed by atoms with Crippen molar-refractivity contribution in [2.75, 3.05) is 0 Å². The van der Waals surface area contributed by atoms with Crippen molar-refractivity contribution in [1.82, 2.24) is 0 Å². The Morgan fingerprint density at radius 3 is 1.67 bits per heavy atom. The van der Waals surface area contributed by atoms with Crippen molar-refractivity contribution in [3.8, 4) is 0 Å². The quantitative estimate of drug-likeness (QED) is 0.421. The monoisotopic (exact) mass is 302 g/mol. The third kappa shape index (κ3) is 1.91. The van der Waals surface area contributed by atoms with E-state index in [1.165, 1.54) is 0 Å². The van der Waals surface area contributed by atoms with Crippen LogP contribution in [0.2, 0.25) is 0 Å². The zero-order valence-electron chi connectivity index (χ0n) is 7.73. The Hall–Kier alpha value is 1.00. The molecule has 0 saturated carbocycles. The van der Waals surface area contributed by atoms with Crippen LogP contribution in [0.15, 0.2) is 0 Å². The summed E-state index contributed by atoms with van der Waals surface area (Å²) in [5.41, 5.74) is -0.536. The van der Waals surface area contributed by atoms with Crippen molar-refractivity contribution in [2.45, 2.75) is 42.2 Å². The average molecular weight is 302 g/mol. The van der Waals surface area contributed by atoms with Crippen LogP contribution in [0.5, 0.6) is 0 Å². The van der Waals surface area contributed by atoms with Gasteiger partial charge in [-0.2, -0.15) is 0 Å². The lowest BCUT2D eigenvalue weighted by atomic mass is 9.90. The van der Waals surface area contributed by atoms with Crippen LogP contribution in [0.3, 0.4) is 0 Å². The van der Waals surface area contributed by atoms with Crippen LogP contribution >= 0.6 is 34.2 Å². The van der Waals surface area contributed by atoms with Crippen molar-refractivity contribution >= 4 is 41.3 Å². The predicted molar refractivity (Wildman–Crippen MR) is 59.7 cm³/mol. The predicted octanol–water partition coefficient (Wildman–Crippen LogP) is 2.62. The van der Waals surface area contributed by atoms with Gasteiger partial charge in [0.1, 0.15) is 3.28 Å². The fraction of sp³-hybridized carbons (Fsp3) is 1.00. The van der Waals surface area contributed by atoms with Gasteiger partial charge in [0.05, 0.1) is 11.2 Å². The summed E-state index contributed by atoms with van der Waals surface area (Å²) in [6, 6.07) is 0. The van der Waals surface area contributed by atoms with Crippen LogP contribution in [0.4, 0.5) is 0 Å². The Morgan fingerprint density at radius 2 is 1.50 bits per heavy atom.